The number of nitrogens with two attached hydrogens (primary N) is 1. The van der Waals surface area contributed by atoms with Crippen molar-refractivity contribution in [2.75, 3.05) is 31.9 Å². The molecule has 3 N–H and O–H groups in total. The maximum absolute atomic E-state index is 5.47. The summed E-state index contributed by atoms with van der Waals surface area (Å²) in [7, 11) is 3.40. The van der Waals surface area contributed by atoms with Crippen molar-refractivity contribution in [2.24, 2.45) is 11.8 Å². The molecule has 1 unspecified atom stereocenters. The summed E-state index contributed by atoms with van der Waals surface area (Å²) in [4.78, 5) is 12.0. The fourth-order valence-corrected chi connectivity index (χ4v) is 3.07. The van der Waals surface area contributed by atoms with Crippen LogP contribution in [0.4, 0.5) is 11.8 Å². The Hall–Kier alpha value is -3.23. The number of nitrogens with one attached hydrogen (secondary N) is 1. The molecular weight excluding hydrogens is 548 g/mol. The fourth-order valence-electron chi connectivity index (χ4n) is 3.07. The second-order valence-electron chi connectivity index (χ2n) is 12.2. The number of methoxy groups -OCH3 is 2. The maximum atomic E-state index is 5.47. The molecule has 3 heterocycles. The summed E-state index contributed by atoms with van der Waals surface area (Å²) in [5, 5.41) is 3.16. The molecular formula is C36H64N6O2. The van der Waals surface area contributed by atoms with Gasteiger partial charge in [0.2, 0.25) is 5.95 Å². The number of nitrogens with zero attached hydrogens (tertiary/aromatic N) is 4. The Kier molecular flexibility index (Phi) is 24.5. The van der Waals surface area contributed by atoms with E-state index in [1.807, 2.05) is 58.2 Å². The molecule has 3 aromatic heterocycles. The average Bonchev–Trinajstić information content (AvgIpc) is 3.48. The monoisotopic (exact) mass is 613 g/mol. The van der Waals surface area contributed by atoms with Gasteiger partial charge in [0.25, 0.3) is 0 Å². The Morgan fingerprint density at radius 2 is 1.52 bits per heavy atom. The third-order valence-electron chi connectivity index (χ3n) is 6.25. The smallest absolute Gasteiger partial charge is 0.222 e. The summed E-state index contributed by atoms with van der Waals surface area (Å²) < 4.78 is 12.2. The molecule has 3 aromatic rings. The molecule has 0 saturated heterocycles. The molecule has 1 atom stereocenters. The Morgan fingerprint density at radius 3 is 1.80 bits per heavy atom. The van der Waals surface area contributed by atoms with Gasteiger partial charge in [-0.3, -0.25) is 4.98 Å². The molecule has 0 aliphatic heterocycles. The van der Waals surface area contributed by atoms with Gasteiger partial charge in [-0.1, -0.05) is 59.8 Å². The lowest BCUT2D eigenvalue weighted by atomic mass is 10.1. The van der Waals surface area contributed by atoms with Gasteiger partial charge < -0.3 is 25.1 Å². The van der Waals surface area contributed by atoms with E-state index in [9.17, 15) is 0 Å². The van der Waals surface area contributed by atoms with E-state index in [0.717, 1.165) is 11.5 Å². The number of pyridine rings is 1. The number of aryl methyl sites for hydroxylation is 1. The summed E-state index contributed by atoms with van der Waals surface area (Å²) in [5.41, 5.74) is 8.92. The van der Waals surface area contributed by atoms with Crippen LogP contribution < -0.4 is 11.1 Å². The molecule has 0 aliphatic rings. The molecule has 250 valence electrons. The minimum atomic E-state index is 0.245. The SMILES string of the molecule is C=C(C)C(C)C.CC(C)c1cccnc1.CC(C)n1cccc1.COCC(OC)C(C)C.Cc1cc(NC(C)C)nc(N)n1. The van der Waals surface area contributed by atoms with Gasteiger partial charge in [-0.15, -0.1) is 0 Å². The predicted octanol–water partition coefficient (Wildman–Crippen LogP) is 8.98. The van der Waals surface area contributed by atoms with E-state index in [-0.39, 0.29) is 6.10 Å². The number of allylic oxidation sites excluding steroid dienone is 1. The van der Waals surface area contributed by atoms with Crippen molar-refractivity contribution >= 4 is 11.8 Å². The summed E-state index contributed by atoms with van der Waals surface area (Å²) in [5.74, 6) is 2.90. The highest BCUT2D eigenvalue weighted by molar-refractivity contribution is 5.40. The Labute approximate surface area is 269 Å². The summed E-state index contributed by atoms with van der Waals surface area (Å²) in [6.07, 6.45) is 8.10. The molecule has 0 amide bonds. The van der Waals surface area contributed by atoms with E-state index in [0.29, 0.717) is 42.4 Å². The van der Waals surface area contributed by atoms with Crippen molar-refractivity contribution in [1.29, 1.82) is 0 Å². The van der Waals surface area contributed by atoms with Crippen LogP contribution in [0.5, 0.6) is 0 Å². The molecule has 0 saturated carbocycles. The van der Waals surface area contributed by atoms with E-state index in [1.165, 1.54) is 11.1 Å². The minimum Gasteiger partial charge on any atom is -0.382 e. The van der Waals surface area contributed by atoms with Crippen molar-refractivity contribution in [1.82, 2.24) is 19.5 Å². The zero-order valence-electron chi connectivity index (χ0n) is 30.3. The Morgan fingerprint density at radius 1 is 0.955 bits per heavy atom. The molecule has 0 fully saturated rings. The second kappa shape index (κ2) is 25.1. The third kappa shape index (κ3) is 23.3. The van der Waals surface area contributed by atoms with Gasteiger partial charge in [0.1, 0.15) is 5.82 Å². The molecule has 0 aromatic carbocycles. The van der Waals surface area contributed by atoms with Crippen LogP contribution in [-0.2, 0) is 9.47 Å². The lowest BCUT2D eigenvalue weighted by Crippen LogP contribution is -2.23. The maximum Gasteiger partial charge on any atom is 0.222 e. The first kappa shape index (κ1) is 42.9. The molecule has 8 heteroatoms. The normalized spacial score (nSPS) is 11.0. The minimum absolute atomic E-state index is 0.245. The van der Waals surface area contributed by atoms with Crippen LogP contribution >= 0.6 is 0 Å². The fraction of sp³-hybridized carbons (Fsp3) is 0.583. The average molecular weight is 613 g/mol. The van der Waals surface area contributed by atoms with Crippen molar-refractivity contribution < 1.29 is 9.47 Å². The van der Waals surface area contributed by atoms with Crippen LogP contribution in [0, 0.1) is 18.8 Å². The number of anilines is 2. The van der Waals surface area contributed by atoms with Crippen LogP contribution in [0.1, 0.15) is 99.4 Å². The standard InChI is InChI=1S/C8H14N4.C8H11N.C7H11N.C7H16O2.C6H12/c1-5(2)10-7-4-6(3)11-8(9)12-7;1-7(2)8-4-3-5-9-6-8;1-7(2)8-5-3-4-6-8;1-6(2)7(9-4)5-8-3;1-5(2)6(3)4/h4-5H,1-3H3,(H3,9,10,11,12);3-7H,1-2H3;3-7H,1-2H3;6-7H,5H2,1-4H3;6H,1H2,2-4H3. The van der Waals surface area contributed by atoms with E-state index in [1.54, 1.807) is 20.4 Å². The first-order valence-corrected chi connectivity index (χ1v) is 15.6. The van der Waals surface area contributed by atoms with Crippen LogP contribution in [0.3, 0.4) is 0 Å². The first-order chi connectivity index (χ1) is 20.5. The van der Waals surface area contributed by atoms with Crippen LogP contribution in [-0.4, -0.2) is 52.5 Å². The van der Waals surface area contributed by atoms with Crippen molar-refractivity contribution in [3.8, 4) is 0 Å². The predicted molar refractivity (Wildman–Crippen MR) is 190 cm³/mol. The summed E-state index contributed by atoms with van der Waals surface area (Å²) in [6, 6.07) is 11.0. The zero-order chi connectivity index (χ0) is 34.2. The second-order valence-corrected chi connectivity index (χ2v) is 12.2. The number of rotatable bonds is 9. The Bertz CT molecular complexity index is 1060. The molecule has 0 aliphatic carbocycles. The molecule has 0 radical (unpaired) electrons. The highest BCUT2D eigenvalue weighted by Crippen LogP contribution is 2.10. The summed E-state index contributed by atoms with van der Waals surface area (Å²) >= 11 is 0. The number of aromatic nitrogens is 4. The molecule has 3 rings (SSSR count). The van der Waals surface area contributed by atoms with E-state index < -0.39 is 0 Å². The zero-order valence-corrected chi connectivity index (χ0v) is 30.3. The number of hydrogen-bond donors (Lipinski definition) is 2. The van der Waals surface area contributed by atoms with Crippen LogP contribution in [0.15, 0.2) is 67.3 Å². The lowest BCUT2D eigenvalue weighted by Gasteiger charge is -2.17. The number of hydrogen-bond acceptors (Lipinski definition) is 7. The van der Waals surface area contributed by atoms with E-state index in [4.69, 9.17) is 15.2 Å². The van der Waals surface area contributed by atoms with Crippen LogP contribution in [0.25, 0.3) is 0 Å². The van der Waals surface area contributed by atoms with Gasteiger partial charge in [-0.25, -0.2) is 4.98 Å². The number of ether oxygens (including phenoxy) is 2. The topological polar surface area (TPSA) is 100 Å². The Balaban J connectivity index is 0. The molecule has 8 nitrogen and oxygen atoms in total. The van der Waals surface area contributed by atoms with Crippen molar-refractivity contribution in [2.45, 2.75) is 107 Å². The van der Waals surface area contributed by atoms with Gasteiger partial charge in [0.05, 0.1) is 12.7 Å². The third-order valence-corrected chi connectivity index (χ3v) is 6.25. The molecule has 0 bridgehead atoms. The van der Waals surface area contributed by atoms with Gasteiger partial charge in [-0.2, -0.15) is 4.98 Å². The van der Waals surface area contributed by atoms with E-state index >= 15 is 0 Å². The molecule has 0 spiro atoms. The van der Waals surface area contributed by atoms with Gasteiger partial charge >= 0.3 is 0 Å². The molecule has 44 heavy (non-hydrogen) atoms. The number of nitrogen functional groups attached to an aromatic ring is 1. The van der Waals surface area contributed by atoms with Gasteiger partial charge in [-0.05, 0) is 83.1 Å². The first-order valence-electron chi connectivity index (χ1n) is 15.6. The van der Waals surface area contributed by atoms with Gasteiger partial charge in [0.15, 0.2) is 0 Å². The van der Waals surface area contributed by atoms with Crippen molar-refractivity contribution in [3.63, 3.8) is 0 Å². The lowest BCUT2D eigenvalue weighted by molar-refractivity contribution is 0.00122. The van der Waals surface area contributed by atoms with Crippen molar-refractivity contribution in [3.05, 3.63) is 78.5 Å². The summed E-state index contributed by atoms with van der Waals surface area (Å²) in [6.45, 7) is 29.7. The van der Waals surface area contributed by atoms with Gasteiger partial charge in [0, 0.05) is 62.9 Å². The quantitative estimate of drug-likeness (QED) is 0.233. The van der Waals surface area contributed by atoms with E-state index in [2.05, 4.69) is 105 Å². The highest BCUT2D eigenvalue weighted by atomic mass is 16.5. The largest absolute Gasteiger partial charge is 0.382 e. The van der Waals surface area contributed by atoms with Crippen LogP contribution in [0.2, 0.25) is 0 Å². The highest BCUT2D eigenvalue weighted by Gasteiger charge is 2.10.